The molecule has 0 aliphatic rings. The van der Waals surface area contributed by atoms with E-state index in [4.69, 9.17) is 0 Å². The van der Waals surface area contributed by atoms with E-state index in [0.717, 1.165) is 13.0 Å². The first-order chi connectivity index (χ1) is 11.2. The van der Waals surface area contributed by atoms with Crippen LogP contribution in [0, 0.1) is 0 Å². The number of hydrogen-bond acceptors (Lipinski definition) is 1. The van der Waals surface area contributed by atoms with Crippen LogP contribution >= 0.6 is 0 Å². The summed E-state index contributed by atoms with van der Waals surface area (Å²) in [7, 11) is 1.90. The fourth-order valence-electron chi connectivity index (χ4n) is 3.05. The molecule has 0 aliphatic heterocycles. The molecule has 0 bridgehead atoms. The Morgan fingerprint density at radius 1 is 0.609 bits per heavy atom. The van der Waals surface area contributed by atoms with Gasteiger partial charge in [-0.25, -0.2) is 0 Å². The average Bonchev–Trinajstić information content (AvgIpc) is 2.54. The Balaban J connectivity index is 3.04. The van der Waals surface area contributed by atoms with Gasteiger partial charge in [0.15, 0.2) is 0 Å². The molecule has 0 saturated carbocycles. The summed E-state index contributed by atoms with van der Waals surface area (Å²) in [5, 5.41) is 0. The first-order valence-corrected chi connectivity index (χ1v) is 10.4. The van der Waals surface area contributed by atoms with Crippen molar-refractivity contribution in [3.8, 4) is 0 Å². The van der Waals surface area contributed by atoms with Crippen LogP contribution in [0.4, 0.5) is 0 Å². The summed E-state index contributed by atoms with van der Waals surface area (Å²) in [6, 6.07) is 0. The van der Waals surface area contributed by atoms with Crippen molar-refractivity contribution in [3.63, 3.8) is 0 Å². The van der Waals surface area contributed by atoms with Crippen molar-refractivity contribution in [3.05, 3.63) is 0 Å². The molecule has 0 rings (SSSR count). The third kappa shape index (κ3) is 17.7. The molecule has 0 radical (unpaired) electrons. The average molecular weight is 326 g/mol. The molecule has 0 aromatic heterocycles. The SMILES string of the molecule is CCCCCCCCCCCCCCCCCCN(C)C(C)=O. The maximum Gasteiger partial charge on any atom is 0.219 e. The Kier molecular flexibility index (Phi) is 17.4. The van der Waals surface area contributed by atoms with E-state index in [2.05, 4.69) is 6.92 Å². The minimum Gasteiger partial charge on any atom is -0.346 e. The van der Waals surface area contributed by atoms with Crippen molar-refractivity contribution in [2.45, 2.75) is 117 Å². The molecule has 0 aromatic rings. The quantitative estimate of drug-likeness (QED) is 0.272. The van der Waals surface area contributed by atoms with Crippen LogP contribution in [0.2, 0.25) is 0 Å². The van der Waals surface area contributed by atoms with Crippen LogP contribution in [0.15, 0.2) is 0 Å². The van der Waals surface area contributed by atoms with Gasteiger partial charge in [-0.2, -0.15) is 0 Å². The number of nitrogens with zero attached hydrogens (tertiary/aromatic N) is 1. The van der Waals surface area contributed by atoms with Crippen molar-refractivity contribution in [1.82, 2.24) is 4.90 Å². The summed E-state index contributed by atoms with van der Waals surface area (Å²) in [5.41, 5.74) is 0. The molecule has 1 amide bonds. The van der Waals surface area contributed by atoms with E-state index in [1.54, 1.807) is 6.92 Å². The molecule has 0 heterocycles. The van der Waals surface area contributed by atoms with Gasteiger partial charge in [-0.05, 0) is 6.42 Å². The van der Waals surface area contributed by atoms with Gasteiger partial charge in [0.25, 0.3) is 0 Å². The first-order valence-electron chi connectivity index (χ1n) is 10.4. The van der Waals surface area contributed by atoms with Crippen molar-refractivity contribution in [2.75, 3.05) is 13.6 Å². The molecule has 2 nitrogen and oxygen atoms in total. The summed E-state index contributed by atoms with van der Waals surface area (Å²) in [6.45, 7) is 4.85. The number of carbonyl (C=O) groups excluding carboxylic acids is 1. The summed E-state index contributed by atoms with van der Waals surface area (Å²) in [6.07, 6.45) is 22.3. The van der Waals surface area contributed by atoms with Gasteiger partial charge < -0.3 is 4.90 Å². The Morgan fingerprint density at radius 2 is 0.913 bits per heavy atom. The highest BCUT2D eigenvalue weighted by atomic mass is 16.2. The normalized spacial score (nSPS) is 10.9. The predicted octanol–water partition coefficient (Wildman–Crippen LogP) is 6.73. The second kappa shape index (κ2) is 17.8. The topological polar surface area (TPSA) is 20.3 Å². The van der Waals surface area contributed by atoms with Gasteiger partial charge in [0.1, 0.15) is 0 Å². The van der Waals surface area contributed by atoms with Crippen LogP contribution in [0.5, 0.6) is 0 Å². The number of amides is 1. The molecular formula is C21H43NO. The molecule has 0 spiro atoms. The van der Waals surface area contributed by atoms with E-state index in [-0.39, 0.29) is 5.91 Å². The van der Waals surface area contributed by atoms with Gasteiger partial charge in [0.2, 0.25) is 5.91 Å². The summed E-state index contributed by atoms with van der Waals surface area (Å²) in [4.78, 5) is 12.9. The van der Waals surface area contributed by atoms with Gasteiger partial charge in [-0.1, -0.05) is 103 Å². The fraction of sp³-hybridized carbons (Fsp3) is 0.952. The third-order valence-corrected chi connectivity index (χ3v) is 4.88. The van der Waals surface area contributed by atoms with Gasteiger partial charge in [-0.15, -0.1) is 0 Å². The van der Waals surface area contributed by atoms with E-state index in [9.17, 15) is 4.79 Å². The molecule has 2 heteroatoms. The molecule has 0 aromatic carbocycles. The molecule has 0 saturated heterocycles. The highest BCUT2D eigenvalue weighted by Crippen LogP contribution is 2.13. The van der Waals surface area contributed by atoms with Crippen molar-refractivity contribution in [1.29, 1.82) is 0 Å². The molecule has 0 unspecified atom stereocenters. The standard InChI is InChI=1S/C21H43NO/c1-4-5-6-7-8-9-10-11-12-13-14-15-16-17-18-19-20-22(3)21(2)23/h4-20H2,1-3H3. The Hall–Kier alpha value is -0.530. The number of hydrogen-bond donors (Lipinski definition) is 0. The summed E-state index contributed by atoms with van der Waals surface area (Å²) in [5.74, 6) is 0.186. The zero-order chi connectivity index (χ0) is 17.2. The zero-order valence-electron chi connectivity index (χ0n) is 16.4. The smallest absolute Gasteiger partial charge is 0.219 e. The van der Waals surface area contributed by atoms with Gasteiger partial charge >= 0.3 is 0 Å². The zero-order valence-corrected chi connectivity index (χ0v) is 16.4. The lowest BCUT2D eigenvalue weighted by Gasteiger charge is -2.13. The van der Waals surface area contributed by atoms with Gasteiger partial charge in [0, 0.05) is 20.5 Å². The van der Waals surface area contributed by atoms with Crippen LogP contribution in [0.25, 0.3) is 0 Å². The van der Waals surface area contributed by atoms with E-state index >= 15 is 0 Å². The third-order valence-electron chi connectivity index (χ3n) is 4.88. The second-order valence-corrected chi connectivity index (χ2v) is 7.24. The molecular weight excluding hydrogens is 282 g/mol. The van der Waals surface area contributed by atoms with Crippen LogP contribution in [-0.4, -0.2) is 24.4 Å². The highest BCUT2D eigenvalue weighted by Gasteiger charge is 2.00. The molecule has 0 aliphatic carbocycles. The molecule has 0 N–H and O–H groups in total. The molecule has 23 heavy (non-hydrogen) atoms. The monoisotopic (exact) mass is 325 g/mol. The van der Waals surface area contributed by atoms with Gasteiger partial charge in [0.05, 0.1) is 0 Å². The molecule has 138 valence electrons. The highest BCUT2D eigenvalue weighted by molar-refractivity contribution is 5.72. The number of carbonyl (C=O) groups is 1. The van der Waals surface area contributed by atoms with Crippen molar-refractivity contribution < 1.29 is 4.79 Å². The summed E-state index contributed by atoms with van der Waals surface area (Å²) >= 11 is 0. The lowest BCUT2D eigenvalue weighted by atomic mass is 10.0. The van der Waals surface area contributed by atoms with Crippen molar-refractivity contribution in [2.24, 2.45) is 0 Å². The van der Waals surface area contributed by atoms with E-state index in [1.165, 1.54) is 96.3 Å². The largest absolute Gasteiger partial charge is 0.346 e. The number of unbranched alkanes of at least 4 members (excludes halogenated alkanes) is 15. The van der Waals surface area contributed by atoms with Crippen LogP contribution < -0.4 is 0 Å². The molecule has 0 atom stereocenters. The molecule has 0 fully saturated rings. The Morgan fingerprint density at radius 3 is 1.22 bits per heavy atom. The maximum atomic E-state index is 11.1. The number of rotatable bonds is 17. The van der Waals surface area contributed by atoms with E-state index < -0.39 is 0 Å². The second-order valence-electron chi connectivity index (χ2n) is 7.24. The lowest BCUT2D eigenvalue weighted by molar-refractivity contribution is -0.127. The Labute approximate surface area is 146 Å². The lowest BCUT2D eigenvalue weighted by Crippen LogP contribution is -2.24. The van der Waals surface area contributed by atoms with Crippen molar-refractivity contribution >= 4 is 5.91 Å². The maximum absolute atomic E-state index is 11.1. The van der Waals surface area contributed by atoms with E-state index in [1.807, 2.05) is 11.9 Å². The van der Waals surface area contributed by atoms with Crippen LogP contribution in [0.3, 0.4) is 0 Å². The minimum absolute atomic E-state index is 0.186. The summed E-state index contributed by atoms with van der Waals surface area (Å²) < 4.78 is 0. The van der Waals surface area contributed by atoms with Crippen LogP contribution in [0.1, 0.15) is 117 Å². The first kappa shape index (κ1) is 22.5. The fourth-order valence-corrected chi connectivity index (χ4v) is 3.05. The van der Waals surface area contributed by atoms with E-state index in [0.29, 0.717) is 0 Å². The van der Waals surface area contributed by atoms with Gasteiger partial charge in [-0.3, -0.25) is 4.79 Å². The minimum atomic E-state index is 0.186. The Bertz CT molecular complexity index is 252. The van der Waals surface area contributed by atoms with Crippen LogP contribution in [-0.2, 0) is 4.79 Å². The predicted molar refractivity (Wildman–Crippen MR) is 103 cm³/mol.